The van der Waals surface area contributed by atoms with E-state index in [0.29, 0.717) is 11.7 Å². The minimum atomic E-state index is 0. The van der Waals surface area contributed by atoms with Crippen LogP contribution in [-0.2, 0) is 25.4 Å². The summed E-state index contributed by atoms with van der Waals surface area (Å²) in [6, 6.07) is 5.71. The van der Waals surface area contributed by atoms with E-state index in [-0.39, 0.29) is 30.2 Å². The molecule has 1 aromatic carbocycles. The van der Waals surface area contributed by atoms with Crippen LogP contribution in [0, 0.1) is 18.9 Å². The second kappa shape index (κ2) is 23.5. The molecule has 1 aliphatic rings. The van der Waals surface area contributed by atoms with E-state index in [1.807, 2.05) is 13.0 Å². The molecule has 0 saturated heterocycles. The Morgan fingerprint density at radius 1 is 0.811 bits per heavy atom. The Morgan fingerprint density at radius 2 is 1.32 bits per heavy atom. The third kappa shape index (κ3) is 16.4. The molecule has 1 atom stereocenters. The summed E-state index contributed by atoms with van der Waals surface area (Å²) in [5.41, 5.74) is 7.53. The molecule has 213 valence electrons. The molecule has 37 heavy (non-hydrogen) atoms. The van der Waals surface area contributed by atoms with Gasteiger partial charge in [-0.1, -0.05) is 131 Å². The first-order valence-electron chi connectivity index (χ1n) is 14.2. The van der Waals surface area contributed by atoms with Crippen molar-refractivity contribution in [2.24, 2.45) is 5.92 Å². The van der Waals surface area contributed by atoms with Crippen LogP contribution >= 0.6 is 24.8 Å². The summed E-state index contributed by atoms with van der Waals surface area (Å²) >= 11 is 1.75. The Hall–Kier alpha value is -0.336. The SMILES string of the molecule is CCCCC1=[C-]C(CCCC)C(CCCC)=C1CCCC.Cc1cc(O)cc(C(C)(C)C)c1.Cl.Cl.[CH2]=[Ti+]. The molecule has 0 radical (unpaired) electrons. The van der Waals surface area contributed by atoms with Gasteiger partial charge in [0.25, 0.3) is 0 Å². The quantitative estimate of drug-likeness (QED) is 0.190. The van der Waals surface area contributed by atoms with E-state index in [4.69, 9.17) is 0 Å². The molecule has 1 nitrogen and oxygen atoms in total. The fraction of sp³-hybridized carbons (Fsp3) is 0.667. The van der Waals surface area contributed by atoms with Crippen LogP contribution in [0.3, 0.4) is 0 Å². The molecule has 1 unspecified atom stereocenters. The van der Waals surface area contributed by atoms with Crippen LogP contribution in [-0.4, -0.2) is 9.92 Å². The van der Waals surface area contributed by atoms with Crippen LogP contribution in [0.2, 0.25) is 0 Å². The number of allylic oxidation sites excluding steroid dienone is 4. The molecular formula is C33H57Cl2OTi. The van der Waals surface area contributed by atoms with Crippen molar-refractivity contribution in [3.05, 3.63) is 52.1 Å². The van der Waals surface area contributed by atoms with Gasteiger partial charge in [0.15, 0.2) is 0 Å². The molecule has 0 fully saturated rings. The molecular weight excluding hydrogens is 531 g/mol. The van der Waals surface area contributed by atoms with Gasteiger partial charge in [0.2, 0.25) is 0 Å². The van der Waals surface area contributed by atoms with E-state index in [0.717, 1.165) is 5.56 Å². The Balaban J connectivity index is -0.000000619. The van der Waals surface area contributed by atoms with Gasteiger partial charge in [-0.25, -0.2) is 5.57 Å². The third-order valence-electron chi connectivity index (χ3n) is 6.66. The number of phenolic OH excluding ortho intramolecular Hbond substituents is 1. The summed E-state index contributed by atoms with van der Waals surface area (Å²) in [6.45, 7) is 17.7. The van der Waals surface area contributed by atoms with Crippen LogP contribution in [0.4, 0.5) is 0 Å². The van der Waals surface area contributed by atoms with Gasteiger partial charge in [0.05, 0.1) is 0 Å². The van der Waals surface area contributed by atoms with Gasteiger partial charge in [-0.15, -0.1) is 24.8 Å². The van der Waals surface area contributed by atoms with Crippen molar-refractivity contribution in [2.45, 2.75) is 138 Å². The van der Waals surface area contributed by atoms with Crippen molar-refractivity contribution in [2.75, 3.05) is 0 Å². The second-order valence-corrected chi connectivity index (χ2v) is 10.9. The molecule has 0 spiro atoms. The number of phenols is 1. The third-order valence-corrected chi connectivity index (χ3v) is 6.66. The predicted molar refractivity (Wildman–Crippen MR) is 169 cm³/mol. The van der Waals surface area contributed by atoms with Gasteiger partial charge < -0.3 is 5.11 Å². The molecule has 0 saturated carbocycles. The Kier molecular flexibility index (Phi) is 26.2. The number of hydrogen-bond donors (Lipinski definition) is 1. The number of hydrogen-bond acceptors (Lipinski definition) is 1. The summed E-state index contributed by atoms with van der Waals surface area (Å²) < 4.78 is 0. The molecule has 1 N–H and O–H groups in total. The van der Waals surface area contributed by atoms with Gasteiger partial charge in [0, 0.05) is 0 Å². The Bertz CT molecular complexity index is 757. The van der Waals surface area contributed by atoms with E-state index in [9.17, 15) is 5.11 Å². The van der Waals surface area contributed by atoms with Gasteiger partial charge in [-0.2, -0.15) is 11.1 Å². The summed E-state index contributed by atoms with van der Waals surface area (Å²) in [5.74, 6) is 1.02. The van der Waals surface area contributed by atoms with Crippen LogP contribution in [0.5, 0.6) is 5.75 Å². The number of rotatable bonds is 12. The monoisotopic (exact) mass is 587 g/mol. The van der Waals surface area contributed by atoms with Crippen LogP contribution < -0.4 is 0 Å². The molecule has 0 aromatic heterocycles. The fourth-order valence-corrected chi connectivity index (χ4v) is 4.57. The standard InChI is InChI=1S/C21H37.C11H16O.CH2.2ClH.Ti/c1-5-9-13-18-17-19(14-10-6-2)21(16-12-8-4)20(18)15-11-7-3;1-8-5-9(11(2,3)4)7-10(12)6-8;;;;/h18H,5-16H2,1-4H3;5-7,12H,1-4H3;1H2;2*1H;/q-1;;;;;+1. The molecule has 4 heteroatoms. The van der Waals surface area contributed by atoms with Crippen LogP contribution in [0.1, 0.15) is 137 Å². The van der Waals surface area contributed by atoms with E-state index in [2.05, 4.69) is 65.4 Å². The number of aryl methyl sites for hydroxylation is 1. The Labute approximate surface area is 255 Å². The average molecular weight is 589 g/mol. The zero-order valence-electron chi connectivity index (χ0n) is 25.3. The number of halogens is 2. The first-order chi connectivity index (χ1) is 16.7. The summed E-state index contributed by atoms with van der Waals surface area (Å²) in [6.07, 6.45) is 19.8. The van der Waals surface area contributed by atoms with Gasteiger partial charge >= 0.3 is 24.8 Å². The van der Waals surface area contributed by atoms with Crippen LogP contribution in [0.15, 0.2) is 34.9 Å². The summed E-state index contributed by atoms with van der Waals surface area (Å²) in [7, 11) is 0. The van der Waals surface area contributed by atoms with Crippen LogP contribution in [0.25, 0.3) is 0 Å². The van der Waals surface area contributed by atoms with Crippen molar-refractivity contribution < 1.29 is 25.1 Å². The number of unbranched alkanes of at least 4 members (excludes halogenated alkanes) is 4. The normalized spacial score (nSPS) is 14.4. The van der Waals surface area contributed by atoms with E-state index in [1.165, 1.54) is 82.6 Å². The summed E-state index contributed by atoms with van der Waals surface area (Å²) in [4.78, 5) is 3.25. The molecule has 0 heterocycles. The van der Waals surface area contributed by atoms with Crippen molar-refractivity contribution in [3.8, 4) is 5.75 Å². The number of aromatic hydroxyl groups is 1. The minimum absolute atomic E-state index is 0. The van der Waals surface area contributed by atoms with E-state index >= 15 is 0 Å². The van der Waals surface area contributed by atoms with Gasteiger partial charge in [-0.05, 0) is 42.0 Å². The number of benzene rings is 1. The molecule has 0 aliphatic heterocycles. The average Bonchev–Trinajstić information content (AvgIpc) is 3.15. The van der Waals surface area contributed by atoms with E-state index in [1.54, 1.807) is 42.8 Å². The maximum atomic E-state index is 9.36. The van der Waals surface area contributed by atoms with E-state index < -0.39 is 0 Å². The molecule has 0 amide bonds. The maximum absolute atomic E-state index is 9.36. The Morgan fingerprint density at radius 3 is 1.81 bits per heavy atom. The fourth-order valence-electron chi connectivity index (χ4n) is 4.57. The van der Waals surface area contributed by atoms with Crippen molar-refractivity contribution >= 4 is 29.6 Å². The molecule has 1 aromatic rings. The molecule has 2 rings (SSSR count). The molecule has 0 bridgehead atoms. The van der Waals surface area contributed by atoms with Gasteiger partial charge in [-0.3, -0.25) is 6.08 Å². The summed E-state index contributed by atoms with van der Waals surface area (Å²) in [5, 5.41) is 9.36. The second-order valence-electron chi connectivity index (χ2n) is 10.9. The first kappa shape index (κ1) is 41.2. The topological polar surface area (TPSA) is 20.2 Å². The van der Waals surface area contributed by atoms with Crippen molar-refractivity contribution in [1.82, 2.24) is 0 Å². The zero-order valence-corrected chi connectivity index (χ0v) is 28.5. The van der Waals surface area contributed by atoms with Gasteiger partial charge in [0.1, 0.15) is 5.75 Å². The molecule has 1 aliphatic carbocycles. The predicted octanol–water partition coefficient (Wildman–Crippen LogP) is 11.2. The zero-order chi connectivity index (χ0) is 26.9. The van der Waals surface area contributed by atoms with Crippen molar-refractivity contribution in [1.29, 1.82) is 0 Å². The van der Waals surface area contributed by atoms with Crippen molar-refractivity contribution in [3.63, 3.8) is 0 Å². The first-order valence-corrected chi connectivity index (χ1v) is 15.3.